The van der Waals surface area contributed by atoms with Crippen molar-refractivity contribution in [3.05, 3.63) is 47.5 Å². The number of benzene rings is 2. The van der Waals surface area contributed by atoms with Gasteiger partial charge in [-0.25, -0.2) is 17.6 Å². The Labute approximate surface area is 121 Å². The zero-order chi connectivity index (χ0) is 16.4. The lowest BCUT2D eigenvalue weighted by Crippen LogP contribution is -2.18. The lowest BCUT2D eigenvalue weighted by molar-refractivity contribution is -0.0379. The minimum Gasteiger partial charge on any atom is -0.204 e. The number of hydrogen-bond acceptors (Lipinski definition) is 0. The fraction of sp³-hybridized carbons (Fsp3) is 0.143. The average Bonchev–Trinajstić information content (AvgIpc) is 2.62. The maximum absolute atomic E-state index is 13.6. The van der Waals surface area contributed by atoms with Gasteiger partial charge in [-0.2, -0.15) is 13.2 Å². The standard InChI is InChI=1S/C14H7F7S/c1-22(14(19,20)21)12-4-10(17)8(15)2-6(12)7-3-9(16)11(18)5-13(7)22/h2-5H,1H3. The Morgan fingerprint density at radius 1 is 0.682 bits per heavy atom. The van der Waals surface area contributed by atoms with E-state index in [1.807, 2.05) is 0 Å². The van der Waals surface area contributed by atoms with E-state index in [0.29, 0.717) is 24.3 Å². The predicted molar refractivity (Wildman–Crippen MR) is 67.8 cm³/mol. The molecule has 0 saturated carbocycles. The van der Waals surface area contributed by atoms with Crippen LogP contribution in [-0.4, -0.2) is 11.8 Å². The van der Waals surface area contributed by atoms with E-state index in [2.05, 4.69) is 0 Å². The lowest BCUT2D eigenvalue weighted by Gasteiger charge is -2.35. The molecule has 0 spiro atoms. The number of alkyl halides is 3. The molecule has 0 unspecified atom stereocenters. The van der Waals surface area contributed by atoms with Gasteiger partial charge in [-0.1, -0.05) is 10.0 Å². The normalized spacial score (nSPS) is 17.1. The Hall–Kier alpha value is -1.70. The zero-order valence-corrected chi connectivity index (χ0v) is 11.7. The molecule has 0 amide bonds. The van der Waals surface area contributed by atoms with Crippen LogP contribution in [0.1, 0.15) is 0 Å². The van der Waals surface area contributed by atoms with Crippen LogP contribution in [0.25, 0.3) is 11.1 Å². The quantitative estimate of drug-likeness (QED) is 0.548. The van der Waals surface area contributed by atoms with Crippen LogP contribution in [-0.2, 0) is 0 Å². The van der Waals surface area contributed by atoms with Crippen molar-refractivity contribution in [3.8, 4) is 11.1 Å². The van der Waals surface area contributed by atoms with E-state index in [0.717, 1.165) is 6.26 Å². The van der Waals surface area contributed by atoms with Gasteiger partial charge in [0.25, 0.3) is 0 Å². The highest BCUT2D eigenvalue weighted by molar-refractivity contribution is 8.34. The Morgan fingerprint density at radius 3 is 1.32 bits per heavy atom. The third kappa shape index (κ3) is 1.79. The molecule has 0 nitrogen and oxygen atoms in total. The van der Waals surface area contributed by atoms with Gasteiger partial charge in [-0.3, -0.25) is 0 Å². The fourth-order valence-corrected chi connectivity index (χ4v) is 5.15. The molecule has 1 aliphatic heterocycles. The second-order valence-electron chi connectivity index (χ2n) is 4.89. The topological polar surface area (TPSA) is 0 Å². The van der Waals surface area contributed by atoms with E-state index < -0.39 is 48.6 Å². The van der Waals surface area contributed by atoms with Gasteiger partial charge in [0.1, 0.15) is 0 Å². The van der Waals surface area contributed by atoms with Gasteiger partial charge in [0.2, 0.25) is 0 Å². The van der Waals surface area contributed by atoms with Crippen molar-refractivity contribution < 1.29 is 30.7 Å². The first-order valence-corrected chi connectivity index (χ1v) is 7.94. The highest BCUT2D eigenvalue weighted by atomic mass is 32.3. The first-order valence-electron chi connectivity index (χ1n) is 5.90. The summed E-state index contributed by atoms with van der Waals surface area (Å²) in [5.41, 5.74) is -5.34. The van der Waals surface area contributed by atoms with E-state index in [9.17, 15) is 30.7 Å². The summed E-state index contributed by atoms with van der Waals surface area (Å²) in [6.07, 6.45) is 0.812. The molecule has 0 aromatic heterocycles. The number of halogens is 7. The molecule has 22 heavy (non-hydrogen) atoms. The second kappa shape index (κ2) is 4.41. The lowest BCUT2D eigenvalue weighted by atomic mass is 10.1. The molecule has 1 aliphatic rings. The van der Waals surface area contributed by atoms with Gasteiger partial charge < -0.3 is 0 Å². The predicted octanol–water partition coefficient (Wildman–Crippen LogP) is 5.60. The average molecular weight is 340 g/mol. The summed E-state index contributed by atoms with van der Waals surface area (Å²) in [4.78, 5) is -0.974. The summed E-state index contributed by atoms with van der Waals surface area (Å²) >= 11 is 0. The van der Waals surface area contributed by atoms with Crippen molar-refractivity contribution in [1.29, 1.82) is 0 Å². The smallest absolute Gasteiger partial charge is 0.204 e. The zero-order valence-electron chi connectivity index (χ0n) is 10.9. The van der Waals surface area contributed by atoms with Gasteiger partial charge in [0, 0.05) is 9.79 Å². The molecule has 0 N–H and O–H groups in total. The summed E-state index contributed by atoms with van der Waals surface area (Å²) < 4.78 is 94.3. The molecule has 1 heterocycles. The summed E-state index contributed by atoms with van der Waals surface area (Å²) in [7, 11) is -3.83. The fourth-order valence-electron chi connectivity index (χ4n) is 2.52. The SMILES string of the molecule is CS1(C(F)(F)F)c2cc(F)c(F)cc2-c2cc(F)c(F)cc21. The van der Waals surface area contributed by atoms with Crippen molar-refractivity contribution in [2.24, 2.45) is 0 Å². The molecule has 0 saturated heterocycles. The molecule has 118 valence electrons. The van der Waals surface area contributed by atoms with Gasteiger partial charge in [-0.05, 0) is 41.6 Å². The van der Waals surface area contributed by atoms with Crippen molar-refractivity contribution in [2.75, 3.05) is 6.26 Å². The molecule has 0 radical (unpaired) electrons. The van der Waals surface area contributed by atoms with Gasteiger partial charge >= 0.3 is 5.51 Å². The van der Waals surface area contributed by atoms with Crippen molar-refractivity contribution >= 4 is 10.0 Å². The number of hydrogen-bond donors (Lipinski definition) is 0. The Kier molecular flexibility index (Phi) is 3.05. The summed E-state index contributed by atoms with van der Waals surface area (Å²) in [6.45, 7) is 0. The van der Waals surface area contributed by atoms with Crippen molar-refractivity contribution in [2.45, 2.75) is 15.3 Å². The molecular weight excluding hydrogens is 333 g/mol. The van der Waals surface area contributed by atoms with Gasteiger partial charge in [0.05, 0.1) is 0 Å². The van der Waals surface area contributed by atoms with E-state index in [-0.39, 0.29) is 11.1 Å². The molecule has 0 fully saturated rings. The van der Waals surface area contributed by atoms with Crippen molar-refractivity contribution in [1.82, 2.24) is 0 Å². The Balaban J connectivity index is 2.46. The number of fused-ring (bicyclic) bond motifs is 3. The third-order valence-electron chi connectivity index (χ3n) is 3.68. The maximum atomic E-state index is 13.6. The molecule has 0 atom stereocenters. The van der Waals surface area contributed by atoms with Crippen LogP contribution >= 0.6 is 10.0 Å². The molecule has 8 heteroatoms. The summed E-state index contributed by atoms with van der Waals surface area (Å²) in [5, 5.41) is 0. The first kappa shape index (κ1) is 15.2. The van der Waals surface area contributed by atoms with Crippen LogP contribution in [0.2, 0.25) is 0 Å². The van der Waals surface area contributed by atoms with Crippen LogP contribution in [0.3, 0.4) is 0 Å². The first-order chi connectivity index (χ1) is 10.1. The molecule has 2 aromatic rings. The molecular formula is C14H7F7S. The highest BCUT2D eigenvalue weighted by Crippen LogP contribution is 2.77. The van der Waals surface area contributed by atoms with E-state index in [1.54, 1.807) is 0 Å². The summed E-state index contributed by atoms with van der Waals surface area (Å²) in [5.74, 6) is -5.56. The Bertz CT molecular complexity index is 737. The van der Waals surface area contributed by atoms with E-state index in [1.165, 1.54) is 0 Å². The van der Waals surface area contributed by atoms with Crippen LogP contribution < -0.4 is 0 Å². The minimum atomic E-state index is -4.82. The van der Waals surface area contributed by atoms with E-state index in [4.69, 9.17) is 0 Å². The molecule has 0 bridgehead atoms. The summed E-state index contributed by atoms with van der Waals surface area (Å²) in [6, 6.07) is 2.10. The third-order valence-corrected chi connectivity index (χ3v) is 7.04. The van der Waals surface area contributed by atoms with E-state index >= 15 is 0 Å². The van der Waals surface area contributed by atoms with Gasteiger partial charge in [-0.15, -0.1) is 0 Å². The second-order valence-corrected chi connectivity index (χ2v) is 8.07. The highest BCUT2D eigenvalue weighted by Gasteiger charge is 2.54. The van der Waals surface area contributed by atoms with Crippen LogP contribution in [0.15, 0.2) is 34.1 Å². The van der Waals surface area contributed by atoms with Crippen LogP contribution in [0.4, 0.5) is 30.7 Å². The minimum absolute atomic E-state index is 0.261. The number of rotatable bonds is 0. The van der Waals surface area contributed by atoms with Crippen LogP contribution in [0.5, 0.6) is 0 Å². The van der Waals surface area contributed by atoms with Crippen molar-refractivity contribution in [3.63, 3.8) is 0 Å². The molecule has 3 rings (SSSR count). The monoisotopic (exact) mass is 340 g/mol. The largest absolute Gasteiger partial charge is 0.433 e. The Morgan fingerprint density at radius 2 is 1.00 bits per heavy atom. The van der Waals surface area contributed by atoms with Crippen LogP contribution in [0, 0.1) is 23.3 Å². The maximum Gasteiger partial charge on any atom is 0.433 e. The molecule has 2 aromatic carbocycles. The molecule has 0 aliphatic carbocycles. The van der Waals surface area contributed by atoms with Gasteiger partial charge in [0.15, 0.2) is 23.3 Å².